The van der Waals surface area contributed by atoms with E-state index in [-0.39, 0.29) is 18.6 Å². The molecule has 1 aromatic rings. The third-order valence-corrected chi connectivity index (χ3v) is 3.23. The first-order valence-electron chi connectivity index (χ1n) is 5.43. The maximum absolute atomic E-state index is 11.1. The van der Waals surface area contributed by atoms with Gasteiger partial charge in [-0.1, -0.05) is 15.9 Å². The Kier molecular flexibility index (Phi) is 4.02. The quantitative estimate of drug-likeness (QED) is 0.868. The summed E-state index contributed by atoms with van der Waals surface area (Å²) in [6, 6.07) is 6.03. The Balaban J connectivity index is 2.11. The van der Waals surface area contributed by atoms with Gasteiger partial charge in [-0.15, -0.1) is 0 Å². The summed E-state index contributed by atoms with van der Waals surface area (Å²) in [6.07, 6.45) is 0.848. The fraction of sp³-hybridized carbons (Fsp3) is 0.417. The molecule has 1 aromatic carbocycles. The van der Waals surface area contributed by atoms with E-state index in [2.05, 4.69) is 26.0 Å². The number of nitrogens with one attached hydrogen (secondary N) is 1. The zero-order chi connectivity index (χ0) is 12.3. The minimum absolute atomic E-state index is 0.135. The highest BCUT2D eigenvalue weighted by Crippen LogP contribution is 2.33. The van der Waals surface area contributed by atoms with E-state index in [9.17, 15) is 4.79 Å². The lowest BCUT2D eigenvalue weighted by Crippen LogP contribution is -2.31. The second kappa shape index (κ2) is 5.51. The Morgan fingerprint density at radius 2 is 2.47 bits per heavy atom. The van der Waals surface area contributed by atoms with Gasteiger partial charge in [0.15, 0.2) is 0 Å². The van der Waals surface area contributed by atoms with Crippen molar-refractivity contribution in [3.8, 4) is 5.75 Å². The number of rotatable bonds is 3. The van der Waals surface area contributed by atoms with Crippen LogP contribution in [0.25, 0.3) is 0 Å². The minimum Gasteiger partial charge on any atom is -0.493 e. The Labute approximate surface area is 108 Å². The van der Waals surface area contributed by atoms with Crippen LogP contribution in [0.3, 0.4) is 0 Å². The molecule has 1 aliphatic rings. The predicted octanol–water partition coefficient (Wildman–Crippen LogP) is 2.04. The Morgan fingerprint density at radius 3 is 3.24 bits per heavy atom. The number of hydrogen-bond donors (Lipinski definition) is 1. The smallest absolute Gasteiger partial charge is 0.319 e. The molecule has 0 radical (unpaired) electrons. The highest BCUT2D eigenvalue weighted by Gasteiger charge is 2.21. The number of methoxy groups -OCH3 is 1. The molecular weight excluding hydrogens is 286 g/mol. The standard InChI is InChI=1S/C12H14BrNO3/c1-16-12(15)7-14-10-4-5-17-11-3-2-8(13)6-9(10)11/h2-3,6,10,14H,4-5,7H2,1H3. The summed E-state index contributed by atoms with van der Waals surface area (Å²) in [6.45, 7) is 0.876. The van der Waals surface area contributed by atoms with Crippen LogP contribution in [0.2, 0.25) is 0 Å². The van der Waals surface area contributed by atoms with Crippen LogP contribution >= 0.6 is 15.9 Å². The van der Waals surface area contributed by atoms with E-state index in [4.69, 9.17) is 4.74 Å². The van der Waals surface area contributed by atoms with Gasteiger partial charge in [-0.3, -0.25) is 10.1 Å². The van der Waals surface area contributed by atoms with Gasteiger partial charge >= 0.3 is 5.97 Å². The summed E-state index contributed by atoms with van der Waals surface area (Å²) in [7, 11) is 1.39. The number of carbonyl (C=O) groups is 1. The second-order valence-electron chi connectivity index (χ2n) is 3.83. The van der Waals surface area contributed by atoms with Crippen molar-refractivity contribution < 1.29 is 14.3 Å². The summed E-state index contributed by atoms with van der Waals surface area (Å²) in [5.74, 6) is 0.620. The Morgan fingerprint density at radius 1 is 1.65 bits per heavy atom. The highest BCUT2D eigenvalue weighted by atomic mass is 79.9. The van der Waals surface area contributed by atoms with Gasteiger partial charge in [0, 0.05) is 22.5 Å². The first-order valence-corrected chi connectivity index (χ1v) is 6.22. The molecule has 0 aliphatic carbocycles. The molecule has 92 valence electrons. The first kappa shape index (κ1) is 12.4. The lowest BCUT2D eigenvalue weighted by molar-refractivity contribution is -0.139. The van der Waals surface area contributed by atoms with Crippen LogP contribution in [0, 0.1) is 0 Å². The summed E-state index contributed by atoms with van der Waals surface area (Å²) in [4.78, 5) is 11.1. The van der Waals surface area contributed by atoms with Crippen LogP contribution < -0.4 is 10.1 Å². The zero-order valence-electron chi connectivity index (χ0n) is 9.53. The minimum atomic E-state index is -0.256. The molecule has 0 saturated carbocycles. The Bertz CT molecular complexity index is 422. The molecule has 4 nitrogen and oxygen atoms in total. The summed E-state index contributed by atoms with van der Waals surface area (Å²) >= 11 is 3.44. The zero-order valence-corrected chi connectivity index (χ0v) is 11.1. The van der Waals surface area contributed by atoms with Crippen molar-refractivity contribution in [1.29, 1.82) is 0 Å². The largest absolute Gasteiger partial charge is 0.493 e. The van der Waals surface area contributed by atoms with Crippen molar-refractivity contribution in [1.82, 2.24) is 5.32 Å². The van der Waals surface area contributed by atoms with Gasteiger partial charge in [0.05, 0.1) is 20.3 Å². The van der Waals surface area contributed by atoms with Crippen LogP contribution in [-0.2, 0) is 9.53 Å². The van der Waals surface area contributed by atoms with Gasteiger partial charge < -0.3 is 9.47 Å². The van der Waals surface area contributed by atoms with Crippen LogP contribution in [0.1, 0.15) is 18.0 Å². The van der Waals surface area contributed by atoms with E-state index in [0.717, 1.165) is 22.2 Å². The second-order valence-corrected chi connectivity index (χ2v) is 4.74. The van der Waals surface area contributed by atoms with Crippen molar-refractivity contribution in [2.24, 2.45) is 0 Å². The van der Waals surface area contributed by atoms with E-state index in [1.54, 1.807) is 0 Å². The van der Waals surface area contributed by atoms with Crippen molar-refractivity contribution >= 4 is 21.9 Å². The van der Waals surface area contributed by atoms with Crippen molar-refractivity contribution in [3.05, 3.63) is 28.2 Å². The lowest BCUT2D eigenvalue weighted by atomic mass is 10.0. The van der Waals surface area contributed by atoms with Crippen molar-refractivity contribution in [2.45, 2.75) is 12.5 Å². The SMILES string of the molecule is COC(=O)CNC1CCOc2ccc(Br)cc21. The molecule has 0 aromatic heterocycles. The summed E-state index contributed by atoms with van der Waals surface area (Å²) in [5.41, 5.74) is 1.08. The maximum Gasteiger partial charge on any atom is 0.319 e. The summed E-state index contributed by atoms with van der Waals surface area (Å²) in [5, 5.41) is 3.18. The fourth-order valence-electron chi connectivity index (χ4n) is 1.86. The van der Waals surface area contributed by atoms with Crippen molar-refractivity contribution in [2.75, 3.05) is 20.3 Å². The van der Waals surface area contributed by atoms with Gasteiger partial charge in [0.1, 0.15) is 5.75 Å². The summed E-state index contributed by atoms with van der Waals surface area (Å²) < 4.78 is 11.2. The predicted molar refractivity (Wildman–Crippen MR) is 67.0 cm³/mol. The molecule has 2 rings (SSSR count). The topological polar surface area (TPSA) is 47.6 Å². The number of fused-ring (bicyclic) bond motifs is 1. The van der Waals surface area contributed by atoms with E-state index < -0.39 is 0 Å². The average Bonchev–Trinajstić information content (AvgIpc) is 2.35. The van der Waals surface area contributed by atoms with Crippen molar-refractivity contribution in [3.63, 3.8) is 0 Å². The molecule has 0 fully saturated rings. The molecule has 1 atom stereocenters. The molecule has 1 heterocycles. The van der Waals surface area contributed by atoms with E-state index in [1.807, 2.05) is 18.2 Å². The number of ether oxygens (including phenoxy) is 2. The molecule has 1 unspecified atom stereocenters. The molecule has 0 spiro atoms. The molecule has 0 amide bonds. The number of hydrogen-bond acceptors (Lipinski definition) is 4. The van der Waals surface area contributed by atoms with Gasteiger partial charge in [0.25, 0.3) is 0 Å². The Hall–Kier alpha value is -1.07. The molecular formula is C12H14BrNO3. The van der Waals surface area contributed by atoms with Gasteiger partial charge in [-0.2, -0.15) is 0 Å². The average molecular weight is 300 g/mol. The third-order valence-electron chi connectivity index (χ3n) is 2.73. The highest BCUT2D eigenvalue weighted by molar-refractivity contribution is 9.10. The molecule has 0 saturated heterocycles. The third kappa shape index (κ3) is 2.98. The number of esters is 1. The normalized spacial score (nSPS) is 18.1. The fourth-order valence-corrected chi connectivity index (χ4v) is 2.23. The number of benzene rings is 1. The van der Waals surface area contributed by atoms with Gasteiger partial charge in [-0.05, 0) is 18.2 Å². The van der Waals surface area contributed by atoms with Crippen LogP contribution in [-0.4, -0.2) is 26.2 Å². The molecule has 17 heavy (non-hydrogen) atoms. The van der Waals surface area contributed by atoms with E-state index in [0.29, 0.717) is 6.61 Å². The molecule has 5 heteroatoms. The van der Waals surface area contributed by atoms with E-state index >= 15 is 0 Å². The number of halogens is 1. The van der Waals surface area contributed by atoms with Gasteiger partial charge in [0.2, 0.25) is 0 Å². The van der Waals surface area contributed by atoms with Crippen LogP contribution in [0.4, 0.5) is 0 Å². The maximum atomic E-state index is 11.1. The molecule has 0 bridgehead atoms. The van der Waals surface area contributed by atoms with Gasteiger partial charge in [-0.25, -0.2) is 0 Å². The van der Waals surface area contributed by atoms with Crippen LogP contribution in [0.15, 0.2) is 22.7 Å². The lowest BCUT2D eigenvalue weighted by Gasteiger charge is -2.26. The number of carbonyl (C=O) groups excluding carboxylic acids is 1. The van der Waals surface area contributed by atoms with E-state index in [1.165, 1.54) is 7.11 Å². The monoisotopic (exact) mass is 299 g/mol. The molecule has 1 aliphatic heterocycles. The first-order chi connectivity index (χ1) is 8.20. The molecule has 1 N–H and O–H groups in total. The van der Waals surface area contributed by atoms with Crippen LogP contribution in [0.5, 0.6) is 5.75 Å².